The van der Waals surface area contributed by atoms with Crippen LogP contribution in [0.2, 0.25) is 0 Å². The molecule has 1 unspecified atom stereocenters. The van der Waals surface area contributed by atoms with Crippen LogP contribution in [0.4, 0.5) is 0 Å². The van der Waals surface area contributed by atoms with Crippen LogP contribution in [0.15, 0.2) is 0 Å². The number of aliphatic hydroxyl groups excluding tert-OH is 1. The van der Waals surface area contributed by atoms with Gasteiger partial charge in [-0.3, -0.25) is 24.0 Å². The second-order valence-corrected chi connectivity index (χ2v) is 13.5. The Morgan fingerprint density at radius 3 is 1.91 bits per heavy atom. The number of likely N-dealkylation sites (N-methyl/N-ethyl adjacent to an activating group) is 4. The predicted molar refractivity (Wildman–Crippen MR) is 169 cm³/mol. The van der Waals surface area contributed by atoms with Crippen LogP contribution in [0, 0.1) is 23.7 Å². The number of amides is 5. The molecule has 0 spiro atoms. The van der Waals surface area contributed by atoms with Crippen LogP contribution < -0.4 is 10.6 Å². The summed E-state index contributed by atoms with van der Waals surface area (Å²) in [7, 11) is 6.16. The zero-order chi connectivity index (χ0) is 34.0. The van der Waals surface area contributed by atoms with Crippen molar-refractivity contribution in [2.24, 2.45) is 23.7 Å². The second kappa shape index (κ2) is 17.7. The van der Waals surface area contributed by atoms with Crippen molar-refractivity contribution in [1.82, 2.24) is 25.3 Å². The van der Waals surface area contributed by atoms with Gasteiger partial charge in [0.2, 0.25) is 29.5 Å². The lowest BCUT2D eigenvalue weighted by molar-refractivity contribution is -0.160. The van der Waals surface area contributed by atoms with Crippen molar-refractivity contribution in [2.45, 2.75) is 124 Å². The summed E-state index contributed by atoms with van der Waals surface area (Å²) in [5, 5.41) is 15.5. The van der Waals surface area contributed by atoms with Gasteiger partial charge in [0.1, 0.15) is 24.2 Å². The molecule has 3 N–H and O–H groups in total. The molecule has 44 heavy (non-hydrogen) atoms. The third-order valence-corrected chi connectivity index (χ3v) is 8.51. The molecule has 0 aromatic carbocycles. The van der Waals surface area contributed by atoms with Crippen LogP contribution in [-0.4, -0.2) is 114 Å². The highest BCUT2D eigenvalue weighted by molar-refractivity contribution is 5.95. The quantitative estimate of drug-likeness (QED) is 0.238. The molecule has 254 valence electrons. The number of carbonyl (C=O) groups excluding carboxylic acids is 5. The Bertz CT molecular complexity index is 988. The summed E-state index contributed by atoms with van der Waals surface area (Å²) in [4.78, 5) is 71.7. The number of ether oxygens (including phenoxy) is 1. The van der Waals surface area contributed by atoms with Gasteiger partial charge in [-0.25, -0.2) is 0 Å². The first kappa shape index (κ1) is 39.3. The van der Waals surface area contributed by atoms with Crippen LogP contribution in [0.3, 0.4) is 0 Å². The first-order valence-corrected chi connectivity index (χ1v) is 16.0. The number of aliphatic hydroxyl groups is 1. The molecule has 0 saturated carbocycles. The van der Waals surface area contributed by atoms with E-state index in [1.54, 1.807) is 21.0 Å². The maximum atomic E-state index is 14.3. The van der Waals surface area contributed by atoms with Crippen LogP contribution in [0.25, 0.3) is 0 Å². The maximum Gasteiger partial charge on any atom is 0.246 e. The molecule has 1 aliphatic heterocycles. The van der Waals surface area contributed by atoms with Gasteiger partial charge in [-0.05, 0) is 42.9 Å². The average Bonchev–Trinajstić information content (AvgIpc) is 3.28. The predicted octanol–water partition coefficient (Wildman–Crippen LogP) is 1.99. The van der Waals surface area contributed by atoms with Gasteiger partial charge in [0, 0.05) is 41.0 Å². The molecule has 1 aliphatic rings. The summed E-state index contributed by atoms with van der Waals surface area (Å²) in [6, 6.07) is -3.72. The van der Waals surface area contributed by atoms with E-state index >= 15 is 0 Å². The molecular formula is C32H59N5O7. The summed E-state index contributed by atoms with van der Waals surface area (Å²) >= 11 is 0. The Morgan fingerprint density at radius 2 is 1.48 bits per heavy atom. The van der Waals surface area contributed by atoms with Gasteiger partial charge in [-0.1, -0.05) is 55.4 Å². The van der Waals surface area contributed by atoms with Crippen LogP contribution >= 0.6 is 0 Å². The Balaban J connectivity index is 3.44. The molecule has 0 radical (unpaired) electrons. The Hall–Kier alpha value is -2.73. The molecule has 0 aliphatic carbocycles. The summed E-state index contributed by atoms with van der Waals surface area (Å²) in [6.07, 6.45) is 0.129. The number of nitrogens with one attached hydrogen (secondary N) is 2. The first-order valence-electron chi connectivity index (χ1n) is 16.0. The molecule has 12 nitrogen and oxygen atoms in total. The fourth-order valence-corrected chi connectivity index (χ4v) is 5.79. The summed E-state index contributed by atoms with van der Waals surface area (Å²) < 4.78 is 5.73. The normalized spacial score (nSPS) is 21.0. The number of rotatable bonds is 16. The Labute approximate surface area is 264 Å². The van der Waals surface area contributed by atoms with Crippen molar-refractivity contribution in [3.05, 3.63) is 0 Å². The minimum absolute atomic E-state index is 0.112. The molecule has 0 aromatic rings. The van der Waals surface area contributed by atoms with Gasteiger partial charge >= 0.3 is 0 Å². The van der Waals surface area contributed by atoms with E-state index in [-0.39, 0.29) is 41.9 Å². The molecule has 1 heterocycles. The largest absolute Gasteiger partial charge is 0.368 e. The van der Waals surface area contributed by atoms with Crippen molar-refractivity contribution in [2.75, 3.05) is 28.2 Å². The van der Waals surface area contributed by atoms with E-state index < -0.39 is 48.4 Å². The summed E-state index contributed by atoms with van der Waals surface area (Å²) in [6.45, 7) is 15.3. The number of carbonyl (C=O) groups is 5. The van der Waals surface area contributed by atoms with E-state index in [4.69, 9.17) is 4.74 Å². The van der Waals surface area contributed by atoms with E-state index in [1.807, 2.05) is 48.5 Å². The van der Waals surface area contributed by atoms with Crippen LogP contribution in [0.5, 0.6) is 0 Å². The van der Waals surface area contributed by atoms with Crippen molar-refractivity contribution >= 4 is 29.5 Å². The molecule has 1 fully saturated rings. The maximum absolute atomic E-state index is 14.3. The smallest absolute Gasteiger partial charge is 0.246 e. The van der Waals surface area contributed by atoms with Crippen LogP contribution in [0.1, 0.15) is 87.5 Å². The highest BCUT2D eigenvalue weighted by atomic mass is 16.6. The number of hydrogen-bond acceptors (Lipinski definition) is 7. The summed E-state index contributed by atoms with van der Waals surface area (Å²) in [5.74, 6) is -2.09. The molecule has 12 heteroatoms. The SMILES string of the molecule is CC[C@H](NC(=O)[C@H]([C@@H]1OC(O)C[C@H]1C)N(C)C(=O)[C@H](C(C)C)N(C)C(=O)[C@H](CC(C)C)N(C)C(=O)CCC(C)C)C(=O)NC. The van der Waals surface area contributed by atoms with Gasteiger partial charge < -0.3 is 35.2 Å². The lowest BCUT2D eigenvalue weighted by atomic mass is 9.93. The third-order valence-electron chi connectivity index (χ3n) is 8.51. The fraction of sp³-hybridized carbons (Fsp3) is 0.844. The third kappa shape index (κ3) is 10.4. The molecule has 1 saturated heterocycles. The van der Waals surface area contributed by atoms with Crippen molar-refractivity contribution in [3.8, 4) is 0 Å². The summed E-state index contributed by atoms with van der Waals surface area (Å²) in [5.41, 5.74) is 0. The van der Waals surface area contributed by atoms with Crippen LogP contribution in [-0.2, 0) is 28.7 Å². The lowest BCUT2D eigenvalue weighted by Gasteiger charge is -2.40. The molecule has 1 rings (SSSR count). The van der Waals surface area contributed by atoms with Gasteiger partial charge in [0.05, 0.1) is 6.10 Å². The lowest BCUT2D eigenvalue weighted by Crippen LogP contribution is -2.63. The first-order chi connectivity index (χ1) is 20.4. The highest BCUT2D eigenvalue weighted by Crippen LogP contribution is 2.30. The van der Waals surface area contributed by atoms with Crippen molar-refractivity contribution < 1.29 is 33.8 Å². The molecular weight excluding hydrogens is 566 g/mol. The molecule has 7 atom stereocenters. The molecule has 0 bridgehead atoms. The van der Waals surface area contributed by atoms with E-state index in [0.717, 1.165) is 0 Å². The van der Waals surface area contributed by atoms with E-state index in [2.05, 4.69) is 10.6 Å². The van der Waals surface area contributed by atoms with E-state index in [1.165, 1.54) is 28.8 Å². The minimum Gasteiger partial charge on any atom is -0.368 e. The van der Waals surface area contributed by atoms with Gasteiger partial charge in [0.25, 0.3) is 0 Å². The number of nitrogens with zero attached hydrogens (tertiary/aromatic N) is 3. The number of hydrogen-bond donors (Lipinski definition) is 3. The van der Waals surface area contributed by atoms with E-state index in [0.29, 0.717) is 31.6 Å². The van der Waals surface area contributed by atoms with Crippen molar-refractivity contribution in [3.63, 3.8) is 0 Å². The average molecular weight is 626 g/mol. The zero-order valence-electron chi connectivity index (χ0n) is 29.0. The second-order valence-electron chi connectivity index (χ2n) is 13.5. The van der Waals surface area contributed by atoms with Gasteiger partial charge in [-0.2, -0.15) is 0 Å². The fourth-order valence-electron chi connectivity index (χ4n) is 5.79. The molecule has 0 aromatic heterocycles. The zero-order valence-corrected chi connectivity index (χ0v) is 29.0. The monoisotopic (exact) mass is 625 g/mol. The van der Waals surface area contributed by atoms with Gasteiger partial charge in [-0.15, -0.1) is 0 Å². The van der Waals surface area contributed by atoms with E-state index in [9.17, 15) is 29.1 Å². The Kier molecular flexibility index (Phi) is 15.8. The Morgan fingerprint density at radius 1 is 0.886 bits per heavy atom. The van der Waals surface area contributed by atoms with Crippen molar-refractivity contribution in [1.29, 1.82) is 0 Å². The molecule has 5 amide bonds. The standard InChI is InChI=1S/C32H59N5O7/c1-13-22(29(40)33-9)34-30(41)27(28-21(8)17-25(39)44-28)37(12)32(43)26(20(6)7)36(11)31(42)23(16-19(4)5)35(10)24(38)15-14-18(2)3/h18-23,25-28,39H,13-17H2,1-12H3,(H,33,40)(H,34,41)/t21-,22+,23+,25?,26+,27+,28-/m1/s1. The highest BCUT2D eigenvalue weighted by Gasteiger charge is 2.47. The minimum atomic E-state index is -1.18. The topological polar surface area (TPSA) is 149 Å². The van der Waals surface area contributed by atoms with Gasteiger partial charge in [0.15, 0.2) is 6.29 Å².